The van der Waals surface area contributed by atoms with Gasteiger partial charge in [0.15, 0.2) is 0 Å². The predicted molar refractivity (Wildman–Crippen MR) is 68.4 cm³/mol. The highest BCUT2D eigenvalue weighted by Gasteiger charge is 2.19. The Bertz CT molecular complexity index is 287. The number of methoxy groups -OCH3 is 1. The molecule has 1 aromatic rings. The Morgan fingerprint density at radius 2 is 2.11 bits per heavy atom. The topological polar surface area (TPSA) is 66.8 Å². The fourth-order valence-corrected chi connectivity index (χ4v) is 1.59. The van der Waals surface area contributed by atoms with Crippen molar-refractivity contribution in [2.45, 2.75) is 25.5 Å². The zero-order chi connectivity index (χ0) is 13.2. The number of hydrogen-bond acceptors (Lipinski definition) is 5. The van der Waals surface area contributed by atoms with E-state index < -0.39 is 0 Å². The van der Waals surface area contributed by atoms with E-state index in [0.717, 1.165) is 18.8 Å². The molecule has 104 valence electrons. The van der Waals surface area contributed by atoms with Gasteiger partial charge in [-0.2, -0.15) is 0 Å². The number of furan rings is 1. The molecule has 0 aliphatic rings. The smallest absolute Gasteiger partial charge is 0.134 e. The summed E-state index contributed by atoms with van der Waals surface area (Å²) >= 11 is 0. The third kappa shape index (κ3) is 5.64. The standard InChI is InChI=1S/C13H23NO4/c1-11(14)13(12-5-3-8-17-12)18-10-9-16-7-4-6-15-2/h3,5,8,11,13H,4,6-7,9-10,14H2,1-2H3. The van der Waals surface area contributed by atoms with Crippen molar-refractivity contribution in [2.24, 2.45) is 5.73 Å². The van der Waals surface area contributed by atoms with Gasteiger partial charge in [0.25, 0.3) is 0 Å². The second-order valence-corrected chi connectivity index (χ2v) is 4.12. The van der Waals surface area contributed by atoms with Crippen LogP contribution in [0.1, 0.15) is 25.2 Å². The van der Waals surface area contributed by atoms with Crippen LogP contribution in [0.3, 0.4) is 0 Å². The van der Waals surface area contributed by atoms with Crippen LogP contribution >= 0.6 is 0 Å². The predicted octanol–water partition coefficient (Wildman–Crippen LogP) is 1.74. The van der Waals surface area contributed by atoms with Crippen molar-refractivity contribution in [3.05, 3.63) is 24.2 Å². The van der Waals surface area contributed by atoms with Crippen LogP contribution in [0.4, 0.5) is 0 Å². The van der Waals surface area contributed by atoms with Crippen molar-refractivity contribution >= 4 is 0 Å². The molecule has 0 bridgehead atoms. The molecule has 0 aliphatic carbocycles. The maximum Gasteiger partial charge on any atom is 0.134 e. The van der Waals surface area contributed by atoms with Crippen LogP contribution in [0.2, 0.25) is 0 Å². The zero-order valence-electron chi connectivity index (χ0n) is 11.1. The highest BCUT2D eigenvalue weighted by atomic mass is 16.5. The van der Waals surface area contributed by atoms with E-state index >= 15 is 0 Å². The van der Waals surface area contributed by atoms with E-state index in [1.807, 2.05) is 19.1 Å². The second kappa shape index (κ2) is 9.10. The number of rotatable bonds is 10. The van der Waals surface area contributed by atoms with Crippen LogP contribution < -0.4 is 5.73 Å². The van der Waals surface area contributed by atoms with E-state index in [1.54, 1.807) is 13.4 Å². The zero-order valence-corrected chi connectivity index (χ0v) is 11.1. The molecule has 2 N–H and O–H groups in total. The maximum absolute atomic E-state index is 5.87. The van der Waals surface area contributed by atoms with Crippen LogP contribution in [0.15, 0.2) is 22.8 Å². The van der Waals surface area contributed by atoms with E-state index in [-0.39, 0.29) is 12.1 Å². The summed E-state index contributed by atoms with van der Waals surface area (Å²) in [6.45, 7) is 4.34. The molecular formula is C13H23NO4. The largest absolute Gasteiger partial charge is 0.467 e. The quantitative estimate of drug-likeness (QED) is 0.647. The van der Waals surface area contributed by atoms with Gasteiger partial charge in [-0.25, -0.2) is 0 Å². The van der Waals surface area contributed by atoms with Gasteiger partial charge >= 0.3 is 0 Å². The minimum Gasteiger partial charge on any atom is -0.467 e. The van der Waals surface area contributed by atoms with Crippen molar-refractivity contribution in [3.63, 3.8) is 0 Å². The molecule has 0 saturated carbocycles. The minimum absolute atomic E-state index is 0.121. The third-order valence-corrected chi connectivity index (χ3v) is 2.46. The summed E-state index contributed by atoms with van der Waals surface area (Å²) in [5, 5.41) is 0. The summed E-state index contributed by atoms with van der Waals surface area (Å²) in [5.74, 6) is 0.754. The molecule has 5 nitrogen and oxygen atoms in total. The third-order valence-electron chi connectivity index (χ3n) is 2.46. The van der Waals surface area contributed by atoms with Gasteiger partial charge in [0.2, 0.25) is 0 Å². The molecule has 0 aromatic carbocycles. The van der Waals surface area contributed by atoms with Gasteiger partial charge in [0.05, 0.1) is 19.5 Å². The lowest BCUT2D eigenvalue weighted by Gasteiger charge is -2.19. The summed E-state index contributed by atoms with van der Waals surface area (Å²) < 4.78 is 21.3. The van der Waals surface area contributed by atoms with Crippen LogP contribution in [0.25, 0.3) is 0 Å². The monoisotopic (exact) mass is 257 g/mol. The average molecular weight is 257 g/mol. The summed E-state index contributed by atoms with van der Waals surface area (Å²) in [7, 11) is 1.68. The molecule has 0 aliphatic heterocycles. The van der Waals surface area contributed by atoms with E-state index in [1.165, 1.54) is 0 Å². The normalized spacial score (nSPS) is 14.6. The molecule has 0 fully saturated rings. The summed E-state index contributed by atoms with van der Waals surface area (Å²) in [5.41, 5.74) is 5.87. The lowest BCUT2D eigenvalue weighted by atomic mass is 10.1. The molecule has 5 heteroatoms. The maximum atomic E-state index is 5.87. The molecule has 0 spiro atoms. The molecule has 2 unspecified atom stereocenters. The van der Waals surface area contributed by atoms with Gasteiger partial charge in [0.1, 0.15) is 11.9 Å². The average Bonchev–Trinajstić information content (AvgIpc) is 2.85. The molecular weight excluding hydrogens is 234 g/mol. The summed E-state index contributed by atoms with van der Waals surface area (Å²) in [6, 6.07) is 3.58. The molecule has 1 heterocycles. The van der Waals surface area contributed by atoms with Gasteiger partial charge in [-0.05, 0) is 25.5 Å². The van der Waals surface area contributed by atoms with E-state index in [4.69, 9.17) is 24.4 Å². The first-order chi connectivity index (χ1) is 8.75. The summed E-state index contributed by atoms with van der Waals surface area (Å²) in [4.78, 5) is 0. The molecule has 2 atom stereocenters. The minimum atomic E-state index is -0.220. The van der Waals surface area contributed by atoms with Crippen molar-refractivity contribution in [2.75, 3.05) is 33.5 Å². The van der Waals surface area contributed by atoms with Crippen LogP contribution in [-0.2, 0) is 14.2 Å². The molecule has 0 saturated heterocycles. The first-order valence-corrected chi connectivity index (χ1v) is 6.23. The van der Waals surface area contributed by atoms with E-state index in [9.17, 15) is 0 Å². The van der Waals surface area contributed by atoms with Crippen LogP contribution in [0, 0.1) is 0 Å². The van der Waals surface area contributed by atoms with Gasteiger partial charge in [-0.3, -0.25) is 0 Å². The number of nitrogens with two attached hydrogens (primary N) is 1. The molecule has 1 aromatic heterocycles. The van der Waals surface area contributed by atoms with E-state index in [0.29, 0.717) is 19.8 Å². The fourth-order valence-electron chi connectivity index (χ4n) is 1.59. The Hall–Kier alpha value is -0.880. The number of ether oxygens (including phenoxy) is 3. The van der Waals surface area contributed by atoms with Crippen LogP contribution in [-0.4, -0.2) is 39.6 Å². The lowest BCUT2D eigenvalue weighted by Crippen LogP contribution is -2.27. The van der Waals surface area contributed by atoms with E-state index in [2.05, 4.69) is 0 Å². The van der Waals surface area contributed by atoms with Gasteiger partial charge in [-0.1, -0.05) is 0 Å². The molecule has 0 amide bonds. The molecule has 0 radical (unpaired) electrons. The number of hydrogen-bond donors (Lipinski definition) is 1. The second-order valence-electron chi connectivity index (χ2n) is 4.12. The Balaban J connectivity index is 2.15. The van der Waals surface area contributed by atoms with Crippen molar-refractivity contribution in [1.82, 2.24) is 0 Å². The van der Waals surface area contributed by atoms with Gasteiger partial charge in [-0.15, -0.1) is 0 Å². The molecule has 18 heavy (non-hydrogen) atoms. The summed E-state index contributed by atoms with van der Waals surface area (Å²) in [6.07, 6.45) is 2.29. The molecule has 1 rings (SSSR count). The Kier molecular flexibility index (Phi) is 7.68. The highest BCUT2D eigenvalue weighted by Crippen LogP contribution is 2.20. The van der Waals surface area contributed by atoms with Crippen LogP contribution in [0.5, 0.6) is 0 Å². The van der Waals surface area contributed by atoms with Gasteiger partial charge in [0, 0.05) is 26.4 Å². The van der Waals surface area contributed by atoms with Crippen molar-refractivity contribution < 1.29 is 18.6 Å². The highest BCUT2D eigenvalue weighted by molar-refractivity contribution is 5.04. The first kappa shape index (κ1) is 15.2. The first-order valence-electron chi connectivity index (χ1n) is 6.23. The SMILES string of the molecule is COCCCOCCOC(c1ccco1)C(C)N. The fraction of sp³-hybridized carbons (Fsp3) is 0.692. The Morgan fingerprint density at radius 3 is 2.72 bits per heavy atom. The van der Waals surface area contributed by atoms with Crippen molar-refractivity contribution in [1.29, 1.82) is 0 Å². The van der Waals surface area contributed by atoms with Crippen molar-refractivity contribution in [3.8, 4) is 0 Å². The lowest BCUT2D eigenvalue weighted by molar-refractivity contribution is -0.0162. The Labute approximate surface area is 108 Å². The van der Waals surface area contributed by atoms with Gasteiger partial charge < -0.3 is 24.4 Å². The Morgan fingerprint density at radius 1 is 1.28 bits per heavy atom.